The van der Waals surface area contributed by atoms with Crippen molar-refractivity contribution in [2.75, 3.05) is 20.6 Å². The molecular weight excluding hydrogens is 202 g/mol. The number of likely N-dealkylation sites (N-methyl/N-ethyl adjacent to an activating group) is 1. The second-order valence-corrected chi connectivity index (χ2v) is 4.04. The lowest BCUT2D eigenvalue weighted by atomic mass is 10.1. The van der Waals surface area contributed by atoms with Gasteiger partial charge in [0.15, 0.2) is 0 Å². The van der Waals surface area contributed by atoms with Crippen LogP contribution in [0.2, 0.25) is 0 Å². The van der Waals surface area contributed by atoms with Crippen LogP contribution in [0.5, 0.6) is 0 Å². The van der Waals surface area contributed by atoms with Gasteiger partial charge in [0.05, 0.1) is 6.54 Å². The zero-order valence-electron chi connectivity index (χ0n) is 9.86. The van der Waals surface area contributed by atoms with Crippen LogP contribution >= 0.6 is 0 Å². The van der Waals surface area contributed by atoms with Crippen LogP contribution in [0.4, 0.5) is 0 Å². The predicted octanol–water partition coefficient (Wildman–Crippen LogP) is 0.323. The highest BCUT2D eigenvalue weighted by molar-refractivity contribution is 5.77. The first-order valence-corrected chi connectivity index (χ1v) is 5.31. The van der Waals surface area contributed by atoms with Crippen molar-refractivity contribution in [3.05, 3.63) is 35.4 Å². The third kappa shape index (κ3) is 4.42. The molecule has 0 saturated carbocycles. The van der Waals surface area contributed by atoms with Crippen LogP contribution in [0.15, 0.2) is 24.3 Å². The standard InChI is InChI=1S/C12H19N3O/c1-15(2)9-12(16)14-8-11-5-3-10(7-13)4-6-11/h3-6H,7-9,13H2,1-2H3,(H,14,16). The quantitative estimate of drug-likeness (QED) is 0.753. The topological polar surface area (TPSA) is 58.4 Å². The molecule has 0 heterocycles. The van der Waals surface area contributed by atoms with E-state index in [1.165, 1.54) is 0 Å². The van der Waals surface area contributed by atoms with Crippen molar-refractivity contribution in [2.24, 2.45) is 5.73 Å². The lowest BCUT2D eigenvalue weighted by Gasteiger charge is -2.10. The number of hydrogen-bond donors (Lipinski definition) is 2. The average Bonchev–Trinajstić information content (AvgIpc) is 2.26. The molecule has 1 aromatic rings. The summed E-state index contributed by atoms with van der Waals surface area (Å²) in [5.74, 6) is 0.0351. The molecule has 16 heavy (non-hydrogen) atoms. The molecule has 0 atom stereocenters. The Balaban J connectivity index is 2.39. The molecule has 0 spiro atoms. The summed E-state index contributed by atoms with van der Waals surface area (Å²) < 4.78 is 0. The van der Waals surface area contributed by atoms with E-state index in [1.54, 1.807) is 0 Å². The van der Waals surface area contributed by atoms with Crippen LogP contribution in [0.1, 0.15) is 11.1 Å². The molecule has 0 aliphatic heterocycles. The summed E-state index contributed by atoms with van der Waals surface area (Å²) in [5, 5.41) is 2.86. The summed E-state index contributed by atoms with van der Waals surface area (Å²) in [6.07, 6.45) is 0. The third-order valence-corrected chi connectivity index (χ3v) is 2.21. The van der Waals surface area contributed by atoms with Crippen molar-refractivity contribution in [1.29, 1.82) is 0 Å². The lowest BCUT2D eigenvalue weighted by molar-refractivity contribution is -0.121. The predicted molar refractivity (Wildman–Crippen MR) is 64.7 cm³/mol. The van der Waals surface area contributed by atoms with Crippen LogP contribution in [-0.4, -0.2) is 31.4 Å². The van der Waals surface area contributed by atoms with Gasteiger partial charge in [-0.1, -0.05) is 24.3 Å². The van der Waals surface area contributed by atoms with E-state index in [2.05, 4.69) is 5.32 Å². The first-order valence-electron chi connectivity index (χ1n) is 5.31. The number of nitrogens with one attached hydrogen (secondary N) is 1. The number of carbonyl (C=O) groups is 1. The fraction of sp³-hybridized carbons (Fsp3) is 0.417. The Kier molecular flexibility index (Phi) is 4.95. The number of hydrogen-bond acceptors (Lipinski definition) is 3. The zero-order chi connectivity index (χ0) is 12.0. The minimum Gasteiger partial charge on any atom is -0.351 e. The maximum absolute atomic E-state index is 11.4. The third-order valence-electron chi connectivity index (χ3n) is 2.21. The van der Waals surface area contributed by atoms with E-state index in [9.17, 15) is 4.79 Å². The van der Waals surface area contributed by atoms with Crippen molar-refractivity contribution in [1.82, 2.24) is 10.2 Å². The first kappa shape index (κ1) is 12.7. The van der Waals surface area contributed by atoms with E-state index in [4.69, 9.17) is 5.73 Å². The molecule has 4 heteroatoms. The SMILES string of the molecule is CN(C)CC(=O)NCc1ccc(CN)cc1. The van der Waals surface area contributed by atoms with Crippen molar-refractivity contribution in [3.8, 4) is 0 Å². The van der Waals surface area contributed by atoms with Gasteiger partial charge in [0.25, 0.3) is 0 Å². The summed E-state index contributed by atoms with van der Waals surface area (Å²) in [5.41, 5.74) is 7.69. The molecule has 0 radical (unpaired) electrons. The Morgan fingerprint density at radius 1 is 1.25 bits per heavy atom. The molecule has 1 aromatic carbocycles. The van der Waals surface area contributed by atoms with E-state index in [0.29, 0.717) is 19.6 Å². The molecule has 0 saturated heterocycles. The molecule has 3 N–H and O–H groups in total. The lowest BCUT2D eigenvalue weighted by Crippen LogP contribution is -2.32. The molecule has 0 fully saturated rings. The van der Waals surface area contributed by atoms with Gasteiger partial charge in [-0.15, -0.1) is 0 Å². The number of amides is 1. The molecule has 0 unspecified atom stereocenters. The Bertz CT molecular complexity index is 333. The number of benzene rings is 1. The summed E-state index contributed by atoms with van der Waals surface area (Å²) in [7, 11) is 3.74. The maximum Gasteiger partial charge on any atom is 0.234 e. The van der Waals surface area contributed by atoms with Crippen LogP contribution in [0, 0.1) is 0 Å². The fourth-order valence-electron chi connectivity index (χ4n) is 1.34. The number of carbonyl (C=O) groups excluding carboxylic acids is 1. The Morgan fingerprint density at radius 2 is 1.81 bits per heavy atom. The Labute approximate surface area is 96.4 Å². The van der Waals surface area contributed by atoms with Crippen molar-refractivity contribution < 1.29 is 4.79 Å². The maximum atomic E-state index is 11.4. The molecule has 0 aliphatic rings. The minimum absolute atomic E-state index is 0.0351. The first-order chi connectivity index (χ1) is 7.61. The molecule has 1 rings (SSSR count). The largest absolute Gasteiger partial charge is 0.351 e. The Hall–Kier alpha value is -1.39. The van der Waals surface area contributed by atoms with Gasteiger partial charge in [-0.05, 0) is 25.2 Å². The van der Waals surface area contributed by atoms with E-state index < -0.39 is 0 Å². The van der Waals surface area contributed by atoms with E-state index >= 15 is 0 Å². The average molecular weight is 221 g/mol. The highest BCUT2D eigenvalue weighted by Gasteiger charge is 2.02. The van der Waals surface area contributed by atoms with E-state index in [0.717, 1.165) is 11.1 Å². The van der Waals surface area contributed by atoms with Gasteiger partial charge in [-0.2, -0.15) is 0 Å². The monoisotopic (exact) mass is 221 g/mol. The molecule has 4 nitrogen and oxygen atoms in total. The van der Waals surface area contributed by atoms with Crippen LogP contribution in [-0.2, 0) is 17.9 Å². The van der Waals surface area contributed by atoms with Crippen molar-refractivity contribution in [3.63, 3.8) is 0 Å². The Morgan fingerprint density at radius 3 is 2.31 bits per heavy atom. The van der Waals surface area contributed by atoms with E-state index in [1.807, 2.05) is 43.3 Å². The van der Waals surface area contributed by atoms with Gasteiger partial charge in [0, 0.05) is 13.1 Å². The van der Waals surface area contributed by atoms with Crippen LogP contribution in [0.25, 0.3) is 0 Å². The molecule has 0 aliphatic carbocycles. The minimum atomic E-state index is 0.0351. The molecular formula is C12H19N3O. The second kappa shape index (κ2) is 6.25. The highest BCUT2D eigenvalue weighted by Crippen LogP contribution is 2.03. The summed E-state index contributed by atoms with van der Waals surface area (Å²) in [6.45, 7) is 1.53. The van der Waals surface area contributed by atoms with Crippen molar-refractivity contribution >= 4 is 5.91 Å². The summed E-state index contributed by atoms with van der Waals surface area (Å²) in [4.78, 5) is 13.2. The van der Waals surface area contributed by atoms with Gasteiger partial charge in [0.2, 0.25) is 5.91 Å². The normalized spacial score (nSPS) is 10.5. The zero-order valence-corrected chi connectivity index (χ0v) is 9.86. The van der Waals surface area contributed by atoms with Gasteiger partial charge in [0.1, 0.15) is 0 Å². The van der Waals surface area contributed by atoms with Gasteiger partial charge >= 0.3 is 0 Å². The fourth-order valence-corrected chi connectivity index (χ4v) is 1.34. The van der Waals surface area contributed by atoms with Crippen LogP contribution in [0.3, 0.4) is 0 Å². The molecule has 1 amide bonds. The second-order valence-electron chi connectivity index (χ2n) is 4.04. The van der Waals surface area contributed by atoms with E-state index in [-0.39, 0.29) is 5.91 Å². The molecule has 0 aromatic heterocycles. The summed E-state index contributed by atoms with van der Waals surface area (Å²) in [6, 6.07) is 7.93. The van der Waals surface area contributed by atoms with Gasteiger partial charge in [-0.3, -0.25) is 4.79 Å². The number of nitrogens with two attached hydrogens (primary N) is 1. The number of nitrogens with zero attached hydrogens (tertiary/aromatic N) is 1. The van der Waals surface area contributed by atoms with Gasteiger partial charge < -0.3 is 16.0 Å². The molecule has 0 bridgehead atoms. The summed E-state index contributed by atoms with van der Waals surface area (Å²) >= 11 is 0. The number of rotatable bonds is 5. The van der Waals surface area contributed by atoms with Crippen LogP contribution < -0.4 is 11.1 Å². The smallest absolute Gasteiger partial charge is 0.234 e. The highest BCUT2D eigenvalue weighted by atomic mass is 16.1. The van der Waals surface area contributed by atoms with Gasteiger partial charge in [-0.25, -0.2) is 0 Å². The molecule has 88 valence electrons. The van der Waals surface area contributed by atoms with Crippen molar-refractivity contribution in [2.45, 2.75) is 13.1 Å².